The highest BCUT2D eigenvalue weighted by molar-refractivity contribution is 6.69. The largest absolute Gasteiger partial charge is 0.414 e. The van der Waals surface area contributed by atoms with Gasteiger partial charge in [0.1, 0.15) is 0 Å². The van der Waals surface area contributed by atoms with Gasteiger partial charge in [-0.15, -0.1) is 0 Å². The van der Waals surface area contributed by atoms with Crippen LogP contribution in [0.25, 0.3) is 0 Å². The van der Waals surface area contributed by atoms with Crippen LogP contribution in [-0.4, -0.2) is 14.4 Å². The molecule has 0 aliphatic carbocycles. The highest BCUT2D eigenvalue weighted by Gasteiger charge is 2.17. The van der Waals surface area contributed by atoms with Crippen LogP contribution in [0.3, 0.4) is 0 Å². The van der Waals surface area contributed by atoms with Crippen LogP contribution in [-0.2, 0) is 4.43 Å². The molecule has 0 aliphatic heterocycles. The maximum atomic E-state index is 8.32. The topological polar surface area (TPSA) is 33.0 Å². The summed E-state index contributed by atoms with van der Waals surface area (Å²) in [6, 6.07) is 2.09. The lowest BCUT2D eigenvalue weighted by atomic mass is 10.3. The monoisotopic (exact) mass is 157 g/mol. The van der Waals surface area contributed by atoms with Gasteiger partial charge in [-0.25, -0.2) is 0 Å². The second-order valence-corrected chi connectivity index (χ2v) is 7.86. The van der Waals surface area contributed by atoms with Gasteiger partial charge in [-0.2, -0.15) is 5.26 Å². The summed E-state index contributed by atoms with van der Waals surface area (Å²) in [6.07, 6.45) is 0.612. The van der Waals surface area contributed by atoms with E-state index in [1.165, 1.54) is 0 Å². The van der Waals surface area contributed by atoms with Crippen LogP contribution in [0.5, 0.6) is 0 Å². The molecule has 0 heterocycles. The fourth-order valence-corrected chi connectivity index (χ4v) is 2.06. The Labute approximate surface area is 63.9 Å². The Hall–Kier alpha value is -0.333. The van der Waals surface area contributed by atoms with Crippen LogP contribution in [0, 0.1) is 11.3 Å². The normalized spacial score (nSPS) is 14.3. The number of hydrogen-bond acceptors (Lipinski definition) is 2. The molecule has 0 aromatic heterocycles. The maximum absolute atomic E-state index is 8.32. The van der Waals surface area contributed by atoms with Gasteiger partial charge in [0, 0.05) is 0 Å². The molecule has 0 aromatic rings. The molecule has 0 aliphatic rings. The maximum Gasteiger partial charge on any atom is 0.184 e. The summed E-state index contributed by atoms with van der Waals surface area (Å²) in [6.45, 7) is 8.32. The van der Waals surface area contributed by atoms with E-state index >= 15 is 0 Å². The lowest BCUT2D eigenvalue weighted by Gasteiger charge is -2.21. The average molecular weight is 157 g/mol. The number of nitrogens with zero attached hydrogens (tertiary/aromatic N) is 1. The summed E-state index contributed by atoms with van der Waals surface area (Å²) in [4.78, 5) is 0. The molecule has 0 saturated carbocycles. The molecular formula is C7H15NOSi. The van der Waals surface area contributed by atoms with E-state index in [9.17, 15) is 0 Å². The molecule has 0 unspecified atom stereocenters. The van der Waals surface area contributed by atoms with Gasteiger partial charge in [0.2, 0.25) is 0 Å². The first-order valence-corrected chi connectivity index (χ1v) is 6.91. The van der Waals surface area contributed by atoms with Gasteiger partial charge < -0.3 is 4.43 Å². The Morgan fingerprint density at radius 2 is 2.00 bits per heavy atom. The van der Waals surface area contributed by atoms with Crippen LogP contribution >= 0.6 is 0 Å². The molecule has 3 heteroatoms. The summed E-state index contributed by atoms with van der Waals surface area (Å²) in [5, 5.41) is 8.32. The van der Waals surface area contributed by atoms with Gasteiger partial charge in [-0.05, 0) is 26.6 Å². The van der Waals surface area contributed by atoms with Crippen LogP contribution in [0.1, 0.15) is 13.3 Å². The van der Waals surface area contributed by atoms with E-state index in [0.717, 1.165) is 0 Å². The summed E-state index contributed by atoms with van der Waals surface area (Å²) in [7, 11) is -1.41. The van der Waals surface area contributed by atoms with Crippen LogP contribution in [0.15, 0.2) is 0 Å². The number of hydrogen-bond donors (Lipinski definition) is 0. The number of rotatable bonds is 3. The molecule has 0 aromatic carbocycles. The van der Waals surface area contributed by atoms with Crippen molar-refractivity contribution in [2.45, 2.75) is 39.1 Å². The van der Waals surface area contributed by atoms with E-state index in [0.29, 0.717) is 6.42 Å². The van der Waals surface area contributed by atoms with Crippen molar-refractivity contribution in [3.63, 3.8) is 0 Å². The zero-order chi connectivity index (χ0) is 8.20. The molecule has 0 fully saturated rings. The van der Waals surface area contributed by atoms with Crippen molar-refractivity contribution in [3.05, 3.63) is 0 Å². The fraction of sp³-hybridized carbons (Fsp3) is 0.857. The van der Waals surface area contributed by atoms with Gasteiger partial charge in [0.15, 0.2) is 8.32 Å². The first kappa shape index (κ1) is 9.67. The van der Waals surface area contributed by atoms with Crippen molar-refractivity contribution in [2.24, 2.45) is 0 Å². The zero-order valence-electron chi connectivity index (χ0n) is 7.14. The highest BCUT2D eigenvalue weighted by Crippen LogP contribution is 2.08. The molecule has 0 N–H and O–H groups in total. The first-order chi connectivity index (χ1) is 4.45. The standard InChI is InChI=1S/C7H15NOSi/c1-7(5-6-8)9-10(2,3)4/h7H,5H2,1-4H3/t7-/m1/s1. The molecule has 10 heavy (non-hydrogen) atoms. The summed E-state index contributed by atoms with van der Waals surface area (Å²) >= 11 is 0. The van der Waals surface area contributed by atoms with Gasteiger partial charge in [0.25, 0.3) is 0 Å². The zero-order valence-corrected chi connectivity index (χ0v) is 8.14. The Bertz CT molecular complexity index is 134. The van der Waals surface area contributed by atoms with Crippen molar-refractivity contribution in [2.75, 3.05) is 0 Å². The Kier molecular flexibility index (Phi) is 3.62. The third-order valence-electron chi connectivity index (χ3n) is 0.933. The minimum absolute atomic E-state index is 0.108. The van der Waals surface area contributed by atoms with E-state index in [1.807, 2.05) is 6.92 Å². The van der Waals surface area contributed by atoms with Crippen molar-refractivity contribution >= 4 is 8.32 Å². The molecule has 0 rings (SSSR count). The third-order valence-corrected chi connectivity index (χ3v) is 2.04. The van der Waals surface area contributed by atoms with Crippen LogP contribution in [0.4, 0.5) is 0 Å². The third kappa shape index (κ3) is 5.80. The minimum atomic E-state index is -1.41. The quantitative estimate of drug-likeness (QED) is 0.588. The summed E-state index contributed by atoms with van der Waals surface area (Å²) < 4.78 is 5.59. The first-order valence-electron chi connectivity index (χ1n) is 3.50. The second-order valence-electron chi connectivity index (χ2n) is 3.40. The molecular weight excluding hydrogens is 142 g/mol. The second kappa shape index (κ2) is 3.74. The molecule has 2 nitrogen and oxygen atoms in total. The predicted molar refractivity (Wildman–Crippen MR) is 44.1 cm³/mol. The van der Waals surface area contributed by atoms with Crippen molar-refractivity contribution in [1.82, 2.24) is 0 Å². The molecule has 58 valence electrons. The van der Waals surface area contributed by atoms with Crippen LogP contribution < -0.4 is 0 Å². The predicted octanol–water partition coefficient (Wildman–Crippen LogP) is 2.14. The van der Waals surface area contributed by atoms with Gasteiger partial charge in [-0.1, -0.05) is 0 Å². The molecule has 1 atom stereocenters. The molecule has 0 amide bonds. The van der Waals surface area contributed by atoms with Crippen molar-refractivity contribution in [1.29, 1.82) is 5.26 Å². The molecule has 0 spiro atoms. The highest BCUT2D eigenvalue weighted by atomic mass is 28.4. The minimum Gasteiger partial charge on any atom is -0.414 e. The van der Waals surface area contributed by atoms with Crippen LogP contribution in [0.2, 0.25) is 19.6 Å². The lowest BCUT2D eigenvalue weighted by molar-refractivity contribution is 0.219. The Morgan fingerprint density at radius 3 is 2.30 bits per heavy atom. The Balaban J connectivity index is 3.60. The summed E-state index contributed by atoms with van der Waals surface area (Å²) in [5.41, 5.74) is 0. The van der Waals surface area contributed by atoms with E-state index in [2.05, 4.69) is 25.7 Å². The number of nitriles is 1. The SMILES string of the molecule is C[C@H](CC#N)O[Si](C)(C)C. The molecule has 0 radical (unpaired) electrons. The lowest BCUT2D eigenvalue weighted by Crippen LogP contribution is -2.30. The van der Waals surface area contributed by atoms with Crippen molar-refractivity contribution < 1.29 is 4.43 Å². The van der Waals surface area contributed by atoms with Crippen molar-refractivity contribution in [3.8, 4) is 6.07 Å². The van der Waals surface area contributed by atoms with E-state index in [1.54, 1.807) is 0 Å². The smallest absolute Gasteiger partial charge is 0.184 e. The van der Waals surface area contributed by atoms with Gasteiger partial charge in [-0.3, -0.25) is 0 Å². The fourth-order valence-electron chi connectivity index (χ4n) is 0.774. The Morgan fingerprint density at radius 1 is 1.50 bits per heavy atom. The average Bonchev–Trinajstić information content (AvgIpc) is 1.59. The van der Waals surface area contributed by atoms with E-state index in [-0.39, 0.29) is 6.10 Å². The van der Waals surface area contributed by atoms with E-state index in [4.69, 9.17) is 9.69 Å². The van der Waals surface area contributed by atoms with Gasteiger partial charge in [0.05, 0.1) is 18.6 Å². The van der Waals surface area contributed by atoms with E-state index < -0.39 is 8.32 Å². The van der Waals surface area contributed by atoms with Gasteiger partial charge >= 0.3 is 0 Å². The molecule has 0 bridgehead atoms. The molecule has 0 saturated heterocycles. The summed E-state index contributed by atoms with van der Waals surface area (Å²) in [5.74, 6) is 0.